The molecule has 0 bridgehead atoms. The lowest BCUT2D eigenvalue weighted by atomic mass is 10.1. The number of nitrogens with zero attached hydrogens (tertiary/aromatic N) is 1. The first-order valence-corrected chi connectivity index (χ1v) is 8.95. The van der Waals surface area contributed by atoms with E-state index in [-0.39, 0.29) is 24.0 Å². The summed E-state index contributed by atoms with van der Waals surface area (Å²) in [7, 11) is 1.79. The molecule has 0 unspecified atom stereocenters. The fourth-order valence-electron chi connectivity index (χ4n) is 1.96. The van der Waals surface area contributed by atoms with Gasteiger partial charge in [0.05, 0.1) is 6.61 Å². The van der Waals surface area contributed by atoms with Crippen LogP contribution in [0.3, 0.4) is 0 Å². The molecular weight excluding hydrogens is 421 g/mol. The molecule has 1 rings (SSSR count). The zero-order valence-corrected chi connectivity index (χ0v) is 18.0. The van der Waals surface area contributed by atoms with E-state index < -0.39 is 0 Å². The molecule has 2 N–H and O–H groups in total. The number of rotatable bonds is 8. The molecule has 0 atom stereocenters. The molecule has 1 aromatic carbocycles. The van der Waals surface area contributed by atoms with Crippen LogP contribution in [-0.2, 0) is 11.3 Å². The number of benzene rings is 1. The fraction of sp³-hybridized carbons (Fsp3) is 0.588. The fourth-order valence-corrected chi connectivity index (χ4v) is 2.66. The Kier molecular flexibility index (Phi) is 12.6. The zero-order chi connectivity index (χ0) is 16.4. The van der Waals surface area contributed by atoms with Crippen LogP contribution in [0.2, 0.25) is 0 Å². The Hall–Kier alpha value is -0.470. The van der Waals surface area contributed by atoms with E-state index in [4.69, 9.17) is 4.74 Å². The number of thioether (sulfide) groups is 1. The summed E-state index contributed by atoms with van der Waals surface area (Å²) in [6, 6.07) is 6.54. The van der Waals surface area contributed by atoms with Crippen molar-refractivity contribution in [2.45, 2.75) is 32.2 Å². The summed E-state index contributed by atoms with van der Waals surface area (Å²) in [6.07, 6.45) is 2.11. The first-order valence-electron chi connectivity index (χ1n) is 7.72. The number of hydrogen-bond acceptors (Lipinski definition) is 3. The summed E-state index contributed by atoms with van der Waals surface area (Å²) in [5.74, 6) is 1.38. The van der Waals surface area contributed by atoms with Crippen LogP contribution in [0.1, 0.15) is 25.0 Å². The van der Waals surface area contributed by atoms with Crippen molar-refractivity contribution in [1.82, 2.24) is 10.6 Å². The third kappa shape index (κ3) is 9.42. The van der Waals surface area contributed by atoms with Gasteiger partial charge >= 0.3 is 0 Å². The molecule has 132 valence electrons. The molecule has 0 saturated heterocycles. The third-order valence-electron chi connectivity index (χ3n) is 3.10. The van der Waals surface area contributed by atoms with Gasteiger partial charge in [0.25, 0.3) is 0 Å². The van der Waals surface area contributed by atoms with Crippen LogP contribution < -0.4 is 10.6 Å². The average Bonchev–Trinajstić information content (AvgIpc) is 2.50. The van der Waals surface area contributed by atoms with Crippen LogP contribution in [0.5, 0.6) is 0 Å². The van der Waals surface area contributed by atoms with Gasteiger partial charge in [-0.05, 0) is 36.3 Å². The van der Waals surface area contributed by atoms with E-state index in [0.717, 1.165) is 25.7 Å². The molecule has 0 saturated carbocycles. The minimum absolute atomic E-state index is 0. The van der Waals surface area contributed by atoms with Gasteiger partial charge in [-0.1, -0.05) is 26.0 Å². The van der Waals surface area contributed by atoms with Gasteiger partial charge < -0.3 is 15.4 Å². The summed E-state index contributed by atoms with van der Waals surface area (Å²) < 4.78 is 5.55. The van der Waals surface area contributed by atoms with Crippen molar-refractivity contribution in [1.29, 1.82) is 0 Å². The largest absolute Gasteiger partial charge is 0.379 e. The maximum Gasteiger partial charge on any atom is 0.191 e. The molecule has 0 aliphatic rings. The molecule has 0 aliphatic carbocycles. The van der Waals surface area contributed by atoms with Crippen LogP contribution in [0, 0.1) is 12.8 Å². The molecule has 23 heavy (non-hydrogen) atoms. The second-order valence-corrected chi connectivity index (χ2v) is 6.48. The molecule has 0 radical (unpaired) electrons. The molecule has 0 amide bonds. The van der Waals surface area contributed by atoms with Crippen molar-refractivity contribution in [2.75, 3.05) is 33.1 Å². The van der Waals surface area contributed by atoms with Crippen LogP contribution in [0.15, 0.2) is 28.1 Å². The molecule has 0 aromatic heterocycles. The Morgan fingerprint density at radius 2 is 2.04 bits per heavy atom. The van der Waals surface area contributed by atoms with Crippen molar-refractivity contribution in [3.05, 3.63) is 29.3 Å². The number of aryl methyl sites for hydroxylation is 1. The summed E-state index contributed by atoms with van der Waals surface area (Å²) in [5.41, 5.74) is 2.58. The SMILES string of the molecule is CN=C(NCCOCC(C)C)NCc1ccc(C)cc1SC.I. The Bertz CT molecular complexity index is 481. The van der Waals surface area contributed by atoms with Crippen molar-refractivity contribution < 1.29 is 4.74 Å². The van der Waals surface area contributed by atoms with Crippen molar-refractivity contribution in [3.63, 3.8) is 0 Å². The Balaban J connectivity index is 0.00000484. The lowest BCUT2D eigenvalue weighted by Crippen LogP contribution is -2.38. The first-order chi connectivity index (χ1) is 10.6. The van der Waals surface area contributed by atoms with E-state index in [0.29, 0.717) is 12.5 Å². The molecule has 4 nitrogen and oxygen atoms in total. The zero-order valence-electron chi connectivity index (χ0n) is 14.8. The van der Waals surface area contributed by atoms with Gasteiger partial charge in [-0.2, -0.15) is 0 Å². The van der Waals surface area contributed by atoms with Crippen LogP contribution >= 0.6 is 35.7 Å². The monoisotopic (exact) mass is 451 g/mol. The summed E-state index contributed by atoms with van der Waals surface area (Å²) in [5, 5.41) is 6.62. The smallest absolute Gasteiger partial charge is 0.191 e. The normalized spacial score (nSPS) is 11.3. The molecular formula is C17H30IN3OS. The van der Waals surface area contributed by atoms with Gasteiger partial charge in [0.15, 0.2) is 5.96 Å². The lowest BCUT2D eigenvalue weighted by molar-refractivity contribution is 0.114. The highest BCUT2D eigenvalue weighted by molar-refractivity contribution is 14.0. The standard InChI is InChI=1S/C17H29N3OS.HI/c1-13(2)12-21-9-8-19-17(18-4)20-11-15-7-6-14(3)10-16(15)22-5;/h6-7,10,13H,8-9,11-12H2,1-5H3,(H2,18,19,20);1H. The number of guanidine groups is 1. The highest BCUT2D eigenvalue weighted by atomic mass is 127. The van der Waals surface area contributed by atoms with Gasteiger partial charge in [-0.15, -0.1) is 35.7 Å². The summed E-state index contributed by atoms with van der Waals surface area (Å²) in [6.45, 7) is 9.44. The van der Waals surface area contributed by atoms with Crippen LogP contribution in [0.4, 0.5) is 0 Å². The van der Waals surface area contributed by atoms with Crippen molar-refractivity contribution in [3.8, 4) is 0 Å². The average molecular weight is 451 g/mol. The van der Waals surface area contributed by atoms with Crippen molar-refractivity contribution >= 4 is 41.7 Å². The van der Waals surface area contributed by atoms with E-state index >= 15 is 0 Å². The lowest BCUT2D eigenvalue weighted by Gasteiger charge is -2.14. The second kappa shape index (κ2) is 12.9. The predicted molar refractivity (Wildman–Crippen MR) is 112 cm³/mol. The Morgan fingerprint density at radius 1 is 1.30 bits per heavy atom. The van der Waals surface area contributed by atoms with E-state index in [1.54, 1.807) is 18.8 Å². The van der Waals surface area contributed by atoms with Gasteiger partial charge in [0.2, 0.25) is 0 Å². The van der Waals surface area contributed by atoms with E-state index in [9.17, 15) is 0 Å². The van der Waals surface area contributed by atoms with E-state index in [2.05, 4.69) is 60.9 Å². The highest BCUT2D eigenvalue weighted by Gasteiger charge is 2.03. The Morgan fingerprint density at radius 3 is 2.65 bits per heavy atom. The van der Waals surface area contributed by atoms with Crippen molar-refractivity contribution in [2.24, 2.45) is 10.9 Å². The summed E-state index contributed by atoms with van der Waals surface area (Å²) in [4.78, 5) is 5.55. The number of hydrogen-bond donors (Lipinski definition) is 2. The number of nitrogens with one attached hydrogen (secondary N) is 2. The topological polar surface area (TPSA) is 45.7 Å². The maximum absolute atomic E-state index is 5.55. The van der Waals surface area contributed by atoms with Gasteiger partial charge in [-0.3, -0.25) is 4.99 Å². The van der Waals surface area contributed by atoms with Crippen LogP contribution in [-0.4, -0.2) is 39.0 Å². The molecule has 0 heterocycles. The van der Waals surface area contributed by atoms with E-state index in [1.807, 2.05) is 0 Å². The number of halogens is 1. The molecule has 0 spiro atoms. The number of ether oxygens (including phenoxy) is 1. The van der Waals surface area contributed by atoms with E-state index in [1.165, 1.54) is 16.0 Å². The maximum atomic E-state index is 5.55. The van der Waals surface area contributed by atoms with Gasteiger partial charge in [-0.25, -0.2) is 0 Å². The molecule has 6 heteroatoms. The minimum Gasteiger partial charge on any atom is -0.379 e. The number of aliphatic imine (C=N–C) groups is 1. The Labute approximate surface area is 162 Å². The quantitative estimate of drug-likeness (QED) is 0.208. The molecule has 0 fully saturated rings. The second-order valence-electron chi connectivity index (χ2n) is 5.64. The van der Waals surface area contributed by atoms with Crippen LogP contribution in [0.25, 0.3) is 0 Å². The minimum atomic E-state index is 0. The highest BCUT2D eigenvalue weighted by Crippen LogP contribution is 2.21. The third-order valence-corrected chi connectivity index (χ3v) is 3.92. The first kappa shape index (κ1) is 22.5. The summed E-state index contributed by atoms with van der Waals surface area (Å²) >= 11 is 1.78. The van der Waals surface area contributed by atoms with Gasteiger partial charge in [0.1, 0.15) is 0 Å². The van der Waals surface area contributed by atoms with Gasteiger partial charge in [0, 0.05) is 31.6 Å². The molecule has 1 aromatic rings. The molecule has 0 aliphatic heterocycles. The predicted octanol–water partition coefficient (Wildman–Crippen LogP) is 3.67.